The molecular formula is C10H11FINO4S. The lowest BCUT2D eigenvalue weighted by atomic mass is 10.3. The van der Waals surface area contributed by atoms with Gasteiger partial charge in [-0.15, -0.1) is 0 Å². The first-order valence-electron chi connectivity index (χ1n) is 4.97. The van der Waals surface area contributed by atoms with Crippen molar-refractivity contribution in [1.82, 2.24) is 0 Å². The molecular weight excluding hydrogens is 376 g/mol. The molecule has 0 bridgehead atoms. The number of hydrogen-bond donors (Lipinski definition) is 2. The van der Waals surface area contributed by atoms with E-state index in [9.17, 15) is 17.6 Å². The van der Waals surface area contributed by atoms with Crippen molar-refractivity contribution < 1.29 is 22.7 Å². The largest absolute Gasteiger partial charge is 0.481 e. The monoisotopic (exact) mass is 387 g/mol. The Morgan fingerprint density at radius 3 is 2.67 bits per heavy atom. The van der Waals surface area contributed by atoms with Crippen LogP contribution in [0.3, 0.4) is 0 Å². The molecule has 0 aliphatic rings. The van der Waals surface area contributed by atoms with Crippen molar-refractivity contribution in [2.24, 2.45) is 0 Å². The van der Waals surface area contributed by atoms with E-state index in [0.717, 1.165) is 6.07 Å². The number of rotatable bonds is 6. The molecule has 18 heavy (non-hydrogen) atoms. The van der Waals surface area contributed by atoms with Gasteiger partial charge in [0.25, 0.3) is 0 Å². The first-order valence-corrected chi connectivity index (χ1v) is 7.70. The Hall–Kier alpha value is -0.900. The second-order valence-corrected chi connectivity index (χ2v) is 6.55. The highest BCUT2D eigenvalue weighted by atomic mass is 127. The first kappa shape index (κ1) is 15.2. The molecule has 0 aromatic heterocycles. The fourth-order valence-electron chi connectivity index (χ4n) is 1.20. The summed E-state index contributed by atoms with van der Waals surface area (Å²) in [5.74, 6) is -1.78. The van der Waals surface area contributed by atoms with Gasteiger partial charge in [0.05, 0.1) is 11.4 Å². The Bertz CT molecular complexity index is 547. The molecule has 0 atom stereocenters. The van der Waals surface area contributed by atoms with Crippen LogP contribution >= 0.6 is 22.6 Å². The lowest BCUT2D eigenvalue weighted by molar-refractivity contribution is -0.137. The Morgan fingerprint density at radius 2 is 2.11 bits per heavy atom. The van der Waals surface area contributed by atoms with Crippen LogP contribution in [0.25, 0.3) is 0 Å². The average molecular weight is 387 g/mol. The van der Waals surface area contributed by atoms with Crippen molar-refractivity contribution in [3.05, 3.63) is 27.6 Å². The normalized spacial score (nSPS) is 11.2. The maximum Gasteiger partial charge on any atom is 0.303 e. The van der Waals surface area contributed by atoms with Gasteiger partial charge in [0, 0.05) is 9.99 Å². The predicted octanol–water partition coefficient (Wildman–Crippen LogP) is 2.04. The van der Waals surface area contributed by atoms with Crippen LogP contribution in [0.1, 0.15) is 12.8 Å². The molecule has 8 heteroatoms. The summed E-state index contributed by atoms with van der Waals surface area (Å²) in [6.07, 6.45) is -0.177. The van der Waals surface area contributed by atoms with Crippen molar-refractivity contribution in [1.29, 1.82) is 0 Å². The summed E-state index contributed by atoms with van der Waals surface area (Å²) >= 11 is 1.81. The van der Waals surface area contributed by atoms with Crippen LogP contribution in [0.15, 0.2) is 18.2 Å². The number of hydrogen-bond acceptors (Lipinski definition) is 3. The number of nitrogens with one attached hydrogen (secondary N) is 1. The highest BCUT2D eigenvalue weighted by molar-refractivity contribution is 14.1. The highest BCUT2D eigenvalue weighted by Gasteiger charge is 2.13. The maximum atomic E-state index is 12.8. The van der Waals surface area contributed by atoms with Crippen LogP contribution in [-0.2, 0) is 14.8 Å². The fraction of sp³-hybridized carbons (Fsp3) is 0.300. The van der Waals surface area contributed by atoms with Crippen LogP contribution in [0.2, 0.25) is 0 Å². The molecule has 5 nitrogen and oxygen atoms in total. The minimum atomic E-state index is -3.61. The first-order chi connectivity index (χ1) is 8.30. The molecule has 0 spiro atoms. The van der Waals surface area contributed by atoms with E-state index in [1.165, 1.54) is 12.1 Å². The molecule has 0 radical (unpaired) electrons. The Balaban J connectivity index is 2.67. The van der Waals surface area contributed by atoms with Crippen molar-refractivity contribution in [2.75, 3.05) is 10.5 Å². The van der Waals surface area contributed by atoms with E-state index in [1.807, 2.05) is 22.6 Å². The summed E-state index contributed by atoms with van der Waals surface area (Å²) in [6.45, 7) is 0. The number of anilines is 1. The van der Waals surface area contributed by atoms with Gasteiger partial charge in [-0.25, -0.2) is 12.8 Å². The van der Waals surface area contributed by atoms with E-state index in [2.05, 4.69) is 4.72 Å². The molecule has 0 saturated heterocycles. The van der Waals surface area contributed by atoms with E-state index >= 15 is 0 Å². The van der Waals surface area contributed by atoms with Gasteiger partial charge in [-0.1, -0.05) is 0 Å². The van der Waals surface area contributed by atoms with Gasteiger partial charge in [0.15, 0.2) is 0 Å². The molecule has 0 aliphatic heterocycles. The van der Waals surface area contributed by atoms with Crippen LogP contribution in [0.4, 0.5) is 10.1 Å². The topological polar surface area (TPSA) is 83.5 Å². The van der Waals surface area contributed by atoms with Gasteiger partial charge >= 0.3 is 5.97 Å². The number of carboxylic acids is 1. The number of sulfonamides is 1. The van der Waals surface area contributed by atoms with Gasteiger partial charge in [-0.3, -0.25) is 9.52 Å². The molecule has 1 rings (SSSR count). The Morgan fingerprint density at radius 1 is 1.44 bits per heavy atom. The number of carbonyl (C=O) groups is 1. The Kier molecular flexibility index (Phi) is 5.32. The molecule has 0 fully saturated rings. The van der Waals surface area contributed by atoms with E-state index in [0.29, 0.717) is 3.57 Å². The van der Waals surface area contributed by atoms with Crippen molar-refractivity contribution in [3.63, 3.8) is 0 Å². The maximum absolute atomic E-state index is 12.8. The fourth-order valence-corrected chi connectivity index (χ4v) is 3.14. The van der Waals surface area contributed by atoms with Gasteiger partial charge in [-0.05, 0) is 47.2 Å². The van der Waals surface area contributed by atoms with Gasteiger partial charge in [0.2, 0.25) is 10.0 Å². The smallest absolute Gasteiger partial charge is 0.303 e. The van der Waals surface area contributed by atoms with E-state index < -0.39 is 21.8 Å². The molecule has 0 aliphatic carbocycles. The molecule has 0 heterocycles. The number of halogens is 2. The van der Waals surface area contributed by atoms with E-state index in [1.54, 1.807) is 0 Å². The van der Waals surface area contributed by atoms with Crippen molar-refractivity contribution in [3.8, 4) is 0 Å². The molecule has 0 unspecified atom stereocenters. The Labute approximate surface area is 118 Å². The molecule has 1 aromatic rings. The molecule has 2 N–H and O–H groups in total. The SMILES string of the molecule is O=C(O)CCCS(=O)(=O)Nc1ccc(F)cc1I. The third-order valence-electron chi connectivity index (χ3n) is 2.00. The predicted molar refractivity (Wildman–Crippen MR) is 73.4 cm³/mol. The zero-order chi connectivity index (χ0) is 13.8. The van der Waals surface area contributed by atoms with Crippen molar-refractivity contribution in [2.45, 2.75) is 12.8 Å². The molecule has 0 amide bonds. The second-order valence-electron chi connectivity index (χ2n) is 3.54. The summed E-state index contributed by atoms with van der Waals surface area (Å²) < 4.78 is 38.8. The van der Waals surface area contributed by atoms with Crippen LogP contribution in [0, 0.1) is 9.39 Å². The van der Waals surface area contributed by atoms with Crippen LogP contribution in [-0.4, -0.2) is 25.2 Å². The van der Waals surface area contributed by atoms with Gasteiger partial charge < -0.3 is 5.11 Å². The molecule has 0 saturated carbocycles. The van der Waals surface area contributed by atoms with Crippen LogP contribution < -0.4 is 4.72 Å². The zero-order valence-electron chi connectivity index (χ0n) is 9.19. The molecule has 1 aromatic carbocycles. The summed E-state index contributed by atoms with van der Waals surface area (Å²) in [5, 5.41) is 8.42. The lowest BCUT2D eigenvalue weighted by Gasteiger charge is -2.09. The second kappa shape index (κ2) is 6.32. The van der Waals surface area contributed by atoms with Crippen LogP contribution in [0.5, 0.6) is 0 Å². The summed E-state index contributed by atoms with van der Waals surface area (Å²) in [4.78, 5) is 10.3. The quantitative estimate of drug-likeness (QED) is 0.732. The number of aliphatic carboxylic acids is 1. The summed E-state index contributed by atoms with van der Waals surface area (Å²) in [5.41, 5.74) is 0.285. The number of benzene rings is 1. The van der Waals surface area contributed by atoms with E-state index in [-0.39, 0.29) is 24.3 Å². The minimum Gasteiger partial charge on any atom is -0.481 e. The third kappa shape index (κ3) is 5.17. The van der Waals surface area contributed by atoms with Gasteiger partial charge in [0.1, 0.15) is 5.82 Å². The third-order valence-corrected chi connectivity index (χ3v) is 4.25. The minimum absolute atomic E-state index is 0.0302. The average Bonchev–Trinajstić information content (AvgIpc) is 2.21. The number of carboxylic acid groups (broad SMARTS) is 1. The van der Waals surface area contributed by atoms with Crippen molar-refractivity contribution >= 4 is 44.3 Å². The van der Waals surface area contributed by atoms with Gasteiger partial charge in [-0.2, -0.15) is 0 Å². The summed E-state index contributed by atoms with van der Waals surface area (Å²) in [6, 6.07) is 3.68. The highest BCUT2D eigenvalue weighted by Crippen LogP contribution is 2.20. The standard InChI is InChI=1S/C10H11FINO4S/c11-7-3-4-9(8(12)6-7)13-18(16,17)5-1-2-10(14)15/h3-4,6,13H,1-2,5H2,(H,14,15). The van der Waals surface area contributed by atoms with E-state index in [4.69, 9.17) is 5.11 Å². The lowest BCUT2D eigenvalue weighted by Crippen LogP contribution is -2.18. The summed E-state index contributed by atoms with van der Waals surface area (Å²) in [7, 11) is -3.61. The zero-order valence-corrected chi connectivity index (χ0v) is 12.2. The molecule has 100 valence electrons.